The number of anilines is 3. The van der Waals surface area contributed by atoms with Crippen molar-refractivity contribution in [1.82, 2.24) is 0 Å². The second-order valence-corrected chi connectivity index (χ2v) is 29.3. The van der Waals surface area contributed by atoms with Crippen molar-refractivity contribution in [2.45, 2.75) is 135 Å². The molecule has 0 fully saturated rings. The Bertz CT molecular complexity index is 4310. The fourth-order valence-electron chi connectivity index (χ4n) is 15.5. The first-order valence-electron chi connectivity index (χ1n) is 30.2. The van der Waals surface area contributed by atoms with Crippen LogP contribution in [-0.4, -0.2) is 0 Å². The van der Waals surface area contributed by atoms with Crippen molar-refractivity contribution in [3.63, 3.8) is 0 Å². The summed E-state index contributed by atoms with van der Waals surface area (Å²) in [6.45, 7) is 32.9. The summed E-state index contributed by atoms with van der Waals surface area (Å²) in [5.74, 6) is 1.81. The molecule has 4 aliphatic carbocycles. The smallest absolute Gasteiger partial charge is 0.132 e. The van der Waals surface area contributed by atoms with Gasteiger partial charge in [0, 0.05) is 33.6 Å². The molecule has 410 valence electrons. The topological polar surface area (TPSA) is 12.5 Å². The number of hydrogen-bond donors (Lipinski definition) is 0. The molecule has 0 amide bonds. The van der Waals surface area contributed by atoms with Crippen LogP contribution in [0.3, 0.4) is 0 Å². The highest BCUT2D eigenvalue weighted by molar-refractivity contribution is 5.98. The van der Waals surface area contributed by atoms with Crippen LogP contribution in [-0.2, 0) is 37.9 Å². The van der Waals surface area contributed by atoms with E-state index in [4.69, 9.17) is 4.74 Å². The van der Waals surface area contributed by atoms with E-state index in [2.05, 4.69) is 302 Å². The Morgan fingerprint density at radius 3 is 0.940 bits per heavy atom. The molecular weight excluding hydrogens is 1000 g/mol. The summed E-state index contributed by atoms with van der Waals surface area (Å²) in [6, 6.07) is 78.5. The Hall–Kier alpha value is -8.20. The predicted octanol–water partition coefficient (Wildman–Crippen LogP) is 21.5. The van der Waals surface area contributed by atoms with Crippen molar-refractivity contribution in [2.24, 2.45) is 0 Å². The SMILES string of the molecule is CC(C)(C)c1ccc2c(c1)C1(c3cc(C(C)(C)C)ccc3O2)c2ccccc2-c2ccc(N(c3ccc4c(c3)C(C)(C)c3ccccc3-4)c3ccc4c(c3)C3(c5ccccc5-4)c4cc(C(C)(C)C)ccc4-c4ccc(C(C)(C)C)cc43)cc21. The number of nitrogens with zero attached hydrogens (tertiary/aromatic N) is 1. The van der Waals surface area contributed by atoms with Gasteiger partial charge in [0.2, 0.25) is 0 Å². The maximum absolute atomic E-state index is 7.14. The van der Waals surface area contributed by atoms with E-state index < -0.39 is 10.8 Å². The highest BCUT2D eigenvalue weighted by atomic mass is 16.5. The van der Waals surface area contributed by atoms with Gasteiger partial charge >= 0.3 is 0 Å². The van der Waals surface area contributed by atoms with E-state index in [1.54, 1.807) is 0 Å². The summed E-state index contributed by atoms with van der Waals surface area (Å²) in [5, 5.41) is 0. The van der Waals surface area contributed by atoms with Gasteiger partial charge in [0.25, 0.3) is 0 Å². The molecule has 1 aliphatic heterocycles. The summed E-state index contributed by atoms with van der Waals surface area (Å²) in [7, 11) is 0. The molecule has 10 aromatic rings. The fraction of sp³-hybridized carbons (Fsp3) is 0.259. The quantitative estimate of drug-likeness (QED) is 0.175. The maximum Gasteiger partial charge on any atom is 0.132 e. The largest absolute Gasteiger partial charge is 0.457 e. The molecule has 2 nitrogen and oxygen atoms in total. The molecule has 0 unspecified atom stereocenters. The second-order valence-electron chi connectivity index (χ2n) is 29.3. The van der Waals surface area contributed by atoms with Gasteiger partial charge in [0.05, 0.1) is 10.8 Å². The van der Waals surface area contributed by atoms with E-state index >= 15 is 0 Å². The first-order chi connectivity index (χ1) is 39.4. The summed E-state index contributed by atoms with van der Waals surface area (Å²) in [4.78, 5) is 2.60. The van der Waals surface area contributed by atoms with E-state index in [1.807, 2.05) is 0 Å². The minimum Gasteiger partial charge on any atom is -0.457 e. The van der Waals surface area contributed by atoms with Gasteiger partial charge in [0.1, 0.15) is 11.5 Å². The fourth-order valence-corrected chi connectivity index (χ4v) is 15.5. The lowest BCUT2D eigenvalue weighted by atomic mass is 9.64. The molecule has 10 aromatic carbocycles. The lowest BCUT2D eigenvalue weighted by Crippen LogP contribution is -2.33. The van der Waals surface area contributed by atoms with Gasteiger partial charge in [-0.25, -0.2) is 0 Å². The zero-order valence-corrected chi connectivity index (χ0v) is 50.9. The van der Waals surface area contributed by atoms with Gasteiger partial charge in [-0.3, -0.25) is 0 Å². The average molecular weight is 1080 g/mol. The Morgan fingerprint density at radius 2 is 0.542 bits per heavy atom. The number of hydrogen-bond acceptors (Lipinski definition) is 2. The highest BCUT2D eigenvalue weighted by Gasteiger charge is 2.54. The Kier molecular flexibility index (Phi) is 10.6. The van der Waals surface area contributed by atoms with Gasteiger partial charge in [0.15, 0.2) is 0 Å². The maximum atomic E-state index is 7.14. The van der Waals surface area contributed by atoms with Crippen molar-refractivity contribution in [2.75, 3.05) is 4.90 Å². The molecule has 0 N–H and O–H groups in total. The van der Waals surface area contributed by atoms with Crippen LogP contribution in [0.5, 0.6) is 11.5 Å². The zero-order chi connectivity index (χ0) is 57.7. The molecule has 15 rings (SSSR count). The molecule has 5 aliphatic rings. The van der Waals surface area contributed by atoms with Crippen LogP contribution in [0.1, 0.15) is 175 Å². The molecule has 2 spiro atoms. The second kappa shape index (κ2) is 17.0. The van der Waals surface area contributed by atoms with E-state index in [1.165, 1.54) is 122 Å². The lowest BCUT2D eigenvalue weighted by molar-refractivity contribution is 0.433. The van der Waals surface area contributed by atoms with Crippen molar-refractivity contribution >= 4 is 17.1 Å². The first-order valence-corrected chi connectivity index (χ1v) is 30.2. The Balaban J connectivity index is 1.04. The lowest BCUT2D eigenvalue weighted by Gasteiger charge is -2.41. The molecule has 0 saturated heterocycles. The highest BCUT2D eigenvalue weighted by Crippen LogP contribution is 2.66. The monoisotopic (exact) mass is 1080 g/mol. The van der Waals surface area contributed by atoms with Crippen LogP contribution < -0.4 is 9.64 Å². The summed E-state index contributed by atoms with van der Waals surface area (Å²) < 4.78 is 7.14. The standard InChI is InChI=1S/C81H75NO/c1-75(2,3)48-27-34-59-60-35-28-49(76(4,5)6)42-68(60)80(67(59)41-48)64-25-19-16-22-56(64)61-37-32-53(46-69(61)80)82(52-31-36-58-55-21-15-18-24-63(55)79(13,14)66(58)45-52)54-33-38-62-57-23-17-20-26-65(57)81(70(62)47-54)71-43-50(77(7,8)9)29-39-73(71)83-74-40-30-51(44-72(74)81)78(10,11)12/h15-47H,1-14H3. The van der Waals surface area contributed by atoms with Gasteiger partial charge in [-0.05, 0) is 194 Å². The minimum absolute atomic E-state index is 0.0547. The minimum atomic E-state index is -0.697. The summed E-state index contributed by atoms with van der Waals surface area (Å²) >= 11 is 0. The van der Waals surface area contributed by atoms with Gasteiger partial charge in [-0.2, -0.15) is 0 Å². The Labute approximate surface area is 492 Å². The third kappa shape index (κ3) is 7.08. The molecular formula is C81H75NO. The number of fused-ring (bicyclic) bond motifs is 22. The van der Waals surface area contributed by atoms with Crippen molar-refractivity contribution in [1.29, 1.82) is 0 Å². The van der Waals surface area contributed by atoms with Gasteiger partial charge in [-0.1, -0.05) is 236 Å². The van der Waals surface area contributed by atoms with E-state index in [0.717, 1.165) is 28.6 Å². The van der Waals surface area contributed by atoms with Gasteiger partial charge < -0.3 is 9.64 Å². The number of ether oxygens (including phenoxy) is 1. The molecule has 0 saturated carbocycles. The van der Waals surface area contributed by atoms with E-state index in [-0.39, 0.29) is 27.1 Å². The van der Waals surface area contributed by atoms with Crippen molar-refractivity contribution in [3.8, 4) is 56.0 Å². The third-order valence-electron chi connectivity index (χ3n) is 20.0. The van der Waals surface area contributed by atoms with E-state index in [9.17, 15) is 0 Å². The normalized spacial score (nSPS) is 15.7. The van der Waals surface area contributed by atoms with Crippen molar-refractivity contribution in [3.05, 3.63) is 278 Å². The molecule has 83 heavy (non-hydrogen) atoms. The molecule has 1 heterocycles. The molecule has 2 heteroatoms. The number of benzene rings is 10. The van der Waals surface area contributed by atoms with Crippen LogP contribution in [0.2, 0.25) is 0 Å². The van der Waals surface area contributed by atoms with Crippen LogP contribution in [0.25, 0.3) is 44.5 Å². The Morgan fingerprint density at radius 1 is 0.265 bits per heavy atom. The predicted molar refractivity (Wildman–Crippen MR) is 347 cm³/mol. The zero-order valence-electron chi connectivity index (χ0n) is 50.9. The van der Waals surface area contributed by atoms with Crippen molar-refractivity contribution < 1.29 is 4.74 Å². The summed E-state index contributed by atoms with van der Waals surface area (Å²) in [6.07, 6.45) is 0. The number of rotatable bonds is 3. The van der Waals surface area contributed by atoms with Crippen LogP contribution in [0.4, 0.5) is 17.1 Å². The molecule has 0 aromatic heterocycles. The summed E-state index contributed by atoms with van der Waals surface area (Å²) in [5.41, 5.74) is 30.3. The molecule has 0 bridgehead atoms. The van der Waals surface area contributed by atoms with Crippen LogP contribution >= 0.6 is 0 Å². The van der Waals surface area contributed by atoms with Crippen LogP contribution in [0, 0.1) is 0 Å². The molecule has 0 radical (unpaired) electrons. The van der Waals surface area contributed by atoms with Gasteiger partial charge in [-0.15, -0.1) is 0 Å². The third-order valence-corrected chi connectivity index (χ3v) is 20.0. The first kappa shape index (κ1) is 51.7. The van der Waals surface area contributed by atoms with Crippen LogP contribution in [0.15, 0.2) is 200 Å². The van der Waals surface area contributed by atoms with E-state index in [0.29, 0.717) is 0 Å². The average Bonchev–Trinajstić information content (AvgIpc) is 1.97. The molecule has 0 atom stereocenters.